The lowest BCUT2D eigenvalue weighted by molar-refractivity contribution is -0.196. The Balaban J connectivity index is 5.09. The molecule has 24 heavy (non-hydrogen) atoms. The predicted molar refractivity (Wildman–Crippen MR) is 82.9 cm³/mol. The Bertz CT molecular complexity index is 416. The number of carbonyl (C=O) groups excluding carboxylic acids is 1. The van der Waals surface area contributed by atoms with E-state index in [0.717, 1.165) is 0 Å². The van der Waals surface area contributed by atoms with E-state index in [2.05, 4.69) is 0 Å². The van der Waals surface area contributed by atoms with Crippen molar-refractivity contribution in [3.63, 3.8) is 0 Å². The minimum absolute atomic E-state index is 0.0452. The normalized spacial score (nSPS) is 16.2. The molecule has 0 bridgehead atoms. The summed E-state index contributed by atoms with van der Waals surface area (Å²) in [5.41, 5.74) is -1.99. The van der Waals surface area contributed by atoms with Crippen molar-refractivity contribution in [1.82, 2.24) is 0 Å². The summed E-state index contributed by atoms with van der Waals surface area (Å²) < 4.78 is 69.3. The van der Waals surface area contributed by atoms with E-state index >= 15 is 0 Å². The number of alkyl halides is 5. The van der Waals surface area contributed by atoms with Gasteiger partial charge in [-0.25, -0.2) is 8.78 Å². The van der Waals surface area contributed by atoms with Crippen molar-refractivity contribution in [2.75, 3.05) is 0 Å². The Hall–Kier alpha value is -0.880. The molecule has 1 unspecified atom stereocenters. The lowest BCUT2D eigenvalue weighted by atomic mass is 9.86. The molecule has 0 fully saturated rings. The number of rotatable bonds is 9. The molecule has 0 saturated heterocycles. The van der Waals surface area contributed by atoms with Crippen molar-refractivity contribution >= 4 is 5.97 Å². The lowest BCUT2D eigenvalue weighted by Gasteiger charge is -2.35. The van der Waals surface area contributed by atoms with Crippen molar-refractivity contribution < 1.29 is 31.5 Å². The third-order valence-electron chi connectivity index (χ3n) is 4.09. The van der Waals surface area contributed by atoms with Gasteiger partial charge in [-0.05, 0) is 46.0 Å². The molecule has 2 nitrogen and oxygen atoms in total. The Morgan fingerprint density at radius 1 is 1.00 bits per heavy atom. The van der Waals surface area contributed by atoms with E-state index < -0.39 is 41.9 Å². The quantitative estimate of drug-likeness (QED) is 0.365. The maximum Gasteiger partial charge on any atom is 0.394 e. The van der Waals surface area contributed by atoms with Crippen LogP contribution in [0.5, 0.6) is 0 Å². The van der Waals surface area contributed by atoms with Crippen LogP contribution in [-0.2, 0) is 9.53 Å². The average molecular weight is 360 g/mol. The molecule has 0 saturated carbocycles. The SMILES string of the molecule is CCC(C)(C)C(=O)OC(C)(CCC(F)(F)CC(F)(F)F)CC(C)C. The zero-order valence-corrected chi connectivity index (χ0v) is 15.3. The molecular weight excluding hydrogens is 331 g/mol. The molecule has 0 spiro atoms. The van der Waals surface area contributed by atoms with Crippen LogP contribution in [0.3, 0.4) is 0 Å². The van der Waals surface area contributed by atoms with Gasteiger partial charge in [0.15, 0.2) is 0 Å². The van der Waals surface area contributed by atoms with Gasteiger partial charge in [-0.15, -0.1) is 0 Å². The van der Waals surface area contributed by atoms with Gasteiger partial charge in [0.05, 0.1) is 5.41 Å². The smallest absolute Gasteiger partial charge is 0.394 e. The first-order valence-electron chi connectivity index (χ1n) is 8.20. The summed E-state index contributed by atoms with van der Waals surface area (Å²) in [5, 5.41) is 0. The molecule has 1 atom stereocenters. The van der Waals surface area contributed by atoms with E-state index in [0.29, 0.717) is 12.8 Å². The van der Waals surface area contributed by atoms with Gasteiger partial charge < -0.3 is 4.74 Å². The standard InChI is InChI=1S/C17H29F5O2/c1-7-14(4,5)13(23)24-15(6,10-12(2)3)8-9-16(18,19)11-17(20,21)22/h12H,7-11H2,1-6H3. The van der Waals surface area contributed by atoms with E-state index in [4.69, 9.17) is 4.74 Å². The molecular formula is C17H29F5O2. The van der Waals surface area contributed by atoms with Gasteiger partial charge >= 0.3 is 12.1 Å². The molecule has 7 heteroatoms. The molecule has 0 heterocycles. The molecule has 0 aliphatic carbocycles. The zero-order chi connectivity index (χ0) is 19.4. The number of ether oxygens (including phenoxy) is 1. The third kappa shape index (κ3) is 8.83. The van der Waals surface area contributed by atoms with Crippen LogP contribution in [0.2, 0.25) is 0 Å². The molecule has 0 amide bonds. The molecule has 0 rings (SSSR count). The second-order valence-corrected chi connectivity index (χ2v) is 7.82. The minimum atomic E-state index is -4.93. The van der Waals surface area contributed by atoms with E-state index in [1.165, 1.54) is 6.92 Å². The Morgan fingerprint density at radius 3 is 1.88 bits per heavy atom. The van der Waals surface area contributed by atoms with E-state index in [9.17, 15) is 26.7 Å². The fraction of sp³-hybridized carbons (Fsp3) is 0.941. The second kappa shape index (κ2) is 8.00. The molecule has 0 radical (unpaired) electrons. The summed E-state index contributed by atoms with van der Waals surface area (Å²) in [7, 11) is 0. The van der Waals surface area contributed by atoms with Crippen LogP contribution in [-0.4, -0.2) is 23.7 Å². The van der Waals surface area contributed by atoms with Crippen LogP contribution < -0.4 is 0 Å². The Morgan fingerprint density at radius 2 is 1.50 bits per heavy atom. The van der Waals surface area contributed by atoms with Crippen molar-refractivity contribution in [3.8, 4) is 0 Å². The fourth-order valence-corrected chi connectivity index (χ4v) is 2.39. The number of esters is 1. The van der Waals surface area contributed by atoms with Crippen LogP contribution in [0, 0.1) is 11.3 Å². The summed E-state index contributed by atoms with van der Waals surface area (Å²) in [5.74, 6) is -4.35. The molecule has 0 aliphatic heterocycles. The first kappa shape index (κ1) is 23.1. The van der Waals surface area contributed by atoms with Gasteiger partial charge in [-0.3, -0.25) is 4.79 Å². The van der Waals surface area contributed by atoms with Crippen LogP contribution in [0.4, 0.5) is 22.0 Å². The van der Waals surface area contributed by atoms with Crippen molar-refractivity contribution in [2.45, 2.75) is 91.3 Å². The summed E-state index contributed by atoms with van der Waals surface area (Å²) >= 11 is 0. The number of hydrogen-bond donors (Lipinski definition) is 0. The molecule has 0 aromatic carbocycles. The highest BCUT2D eigenvalue weighted by molar-refractivity contribution is 5.76. The second-order valence-electron chi connectivity index (χ2n) is 7.82. The fourth-order valence-electron chi connectivity index (χ4n) is 2.39. The number of halogens is 5. The zero-order valence-electron chi connectivity index (χ0n) is 15.3. The van der Waals surface area contributed by atoms with Crippen molar-refractivity contribution in [3.05, 3.63) is 0 Å². The van der Waals surface area contributed by atoms with E-state index in [1.54, 1.807) is 20.8 Å². The molecule has 0 N–H and O–H groups in total. The maximum absolute atomic E-state index is 13.6. The van der Waals surface area contributed by atoms with E-state index in [1.807, 2.05) is 13.8 Å². The number of carbonyl (C=O) groups is 1. The average Bonchev–Trinajstić information content (AvgIpc) is 2.32. The summed E-state index contributed by atoms with van der Waals surface area (Å²) in [6.07, 6.45) is -7.57. The van der Waals surface area contributed by atoms with E-state index in [-0.39, 0.29) is 12.3 Å². The first-order chi connectivity index (χ1) is 10.5. The maximum atomic E-state index is 13.6. The van der Waals surface area contributed by atoms with Crippen LogP contribution in [0.15, 0.2) is 0 Å². The molecule has 0 aliphatic rings. The highest BCUT2D eigenvalue weighted by Crippen LogP contribution is 2.39. The molecule has 144 valence electrons. The van der Waals surface area contributed by atoms with Gasteiger partial charge in [0.1, 0.15) is 12.0 Å². The van der Waals surface area contributed by atoms with Gasteiger partial charge in [0.25, 0.3) is 5.92 Å². The largest absolute Gasteiger partial charge is 0.459 e. The third-order valence-corrected chi connectivity index (χ3v) is 4.09. The minimum Gasteiger partial charge on any atom is -0.459 e. The highest BCUT2D eigenvalue weighted by atomic mass is 19.4. The predicted octanol–water partition coefficient (Wildman–Crippen LogP) is 6.14. The van der Waals surface area contributed by atoms with Gasteiger partial charge in [0, 0.05) is 6.42 Å². The van der Waals surface area contributed by atoms with Crippen LogP contribution >= 0.6 is 0 Å². The van der Waals surface area contributed by atoms with Crippen molar-refractivity contribution in [1.29, 1.82) is 0 Å². The monoisotopic (exact) mass is 360 g/mol. The highest BCUT2D eigenvalue weighted by Gasteiger charge is 2.45. The van der Waals surface area contributed by atoms with Crippen molar-refractivity contribution in [2.24, 2.45) is 11.3 Å². The molecule has 0 aromatic rings. The Labute approximate surface area is 141 Å². The topological polar surface area (TPSA) is 26.3 Å². The van der Waals surface area contributed by atoms with Crippen LogP contribution in [0.1, 0.15) is 73.6 Å². The molecule has 0 aromatic heterocycles. The summed E-state index contributed by atoms with van der Waals surface area (Å²) in [6, 6.07) is 0. The summed E-state index contributed by atoms with van der Waals surface area (Å²) in [4.78, 5) is 12.3. The first-order valence-corrected chi connectivity index (χ1v) is 8.20. The van der Waals surface area contributed by atoms with Gasteiger partial charge in [-0.1, -0.05) is 20.8 Å². The van der Waals surface area contributed by atoms with Gasteiger partial charge in [0.2, 0.25) is 0 Å². The number of hydrogen-bond acceptors (Lipinski definition) is 2. The summed E-state index contributed by atoms with van der Waals surface area (Å²) in [6.45, 7) is 10.4. The van der Waals surface area contributed by atoms with Gasteiger partial charge in [-0.2, -0.15) is 13.2 Å². The van der Waals surface area contributed by atoms with Crippen LogP contribution in [0.25, 0.3) is 0 Å². The lowest BCUT2D eigenvalue weighted by Crippen LogP contribution is -2.40. The Kier molecular flexibility index (Phi) is 7.71.